The molecule has 1 aromatic carbocycles. The Kier molecular flexibility index (Phi) is 3.57. The smallest absolute Gasteiger partial charge is 0.247 e. The molecule has 1 aliphatic heterocycles. The maximum absolute atomic E-state index is 13.1. The van der Waals surface area contributed by atoms with Crippen LogP contribution in [0.4, 0.5) is 4.39 Å². The molecule has 3 rings (SSSR count). The monoisotopic (exact) mass is 341 g/mol. The van der Waals surface area contributed by atoms with Crippen LogP contribution in [0, 0.1) is 5.82 Å². The van der Waals surface area contributed by atoms with E-state index in [4.69, 9.17) is 15.0 Å². The number of ether oxygens (including phenoxy) is 1. The van der Waals surface area contributed by atoms with Crippen LogP contribution in [0.3, 0.4) is 0 Å². The molecule has 0 bridgehead atoms. The van der Waals surface area contributed by atoms with E-state index in [-0.39, 0.29) is 5.82 Å². The second-order valence-corrected chi connectivity index (χ2v) is 5.67. The first-order valence-electron chi connectivity index (χ1n) is 6.25. The van der Waals surface area contributed by atoms with Gasteiger partial charge in [-0.15, -0.1) is 0 Å². The van der Waals surface area contributed by atoms with Gasteiger partial charge in [0.25, 0.3) is 0 Å². The molecule has 0 radical (unpaired) electrons. The summed E-state index contributed by atoms with van der Waals surface area (Å²) >= 11 is 3.29. The molecule has 7 heteroatoms. The van der Waals surface area contributed by atoms with Crippen LogP contribution < -0.4 is 5.73 Å². The lowest BCUT2D eigenvalue weighted by atomic mass is 9.91. The van der Waals surface area contributed by atoms with Crippen LogP contribution in [-0.2, 0) is 10.3 Å². The van der Waals surface area contributed by atoms with E-state index in [1.165, 1.54) is 12.1 Å². The summed E-state index contributed by atoms with van der Waals surface area (Å²) in [5.74, 6) is 0.458. The van der Waals surface area contributed by atoms with E-state index in [0.29, 0.717) is 47.8 Å². The summed E-state index contributed by atoms with van der Waals surface area (Å²) in [5.41, 5.74) is 6.31. The van der Waals surface area contributed by atoms with Gasteiger partial charge in [-0.2, -0.15) is 4.98 Å². The zero-order chi connectivity index (χ0) is 14.2. The minimum absolute atomic E-state index is 0.330. The standard InChI is InChI=1S/C13H13BrFN3O2/c14-10-7-8(15)1-2-9(10)11-17-12(20-18-11)13(16)3-5-19-6-4-13/h1-2,7H,3-6,16H2. The molecule has 0 spiro atoms. The third-order valence-electron chi connectivity index (χ3n) is 3.41. The van der Waals surface area contributed by atoms with Crippen LogP contribution in [0.5, 0.6) is 0 Å². The van der Waals surface area contributed by atoms with Gasteiger partial charge in [0.2, 0.25) is 11.7 Å². The Hall–Kier alpha value is -1.31. The van der Waals surface area contributed by atoms with Crippen molar-refractivity contribution in [1.82, 2.24) is 10.1 Å². The number of hydrogen-bond donors (Lipinski definition) is 1. The van der Waals surface area contributed by atoms with Gasteiger partial charge in [-0.3, -0.25) is 0 Å². The number of nitrogens with two attached hydrogens (primary N) is 1. The molecule has 2 heterocycles. The van der Waals surface area contributed by atoms with Crippen molar-refractivity contribution in [3.8, 4) is 11.4 Å². The summed E-state index contributed by atoms with van der Waals surface area (Å²) in [6.45, 7) is 1.16. The normalized spacial score (nSPS) is 18.1. The third kappa shape index (κ3) is 2.48. The van der Waals surface area contributed by atoms with Gasteiger partial charge in [-0.05, 0) is 47.0 Å². The molecule has 1 aliphatic rings. The second-order valence-electron chi connectivity index (χ2n) is 4.82. The molecule has 0 amide bonds. The van der Waals surface area contributed by atoms with Crippen molar-refractivity contribution in [3.05, 3.63) is 34.4 Å². The van der Waals surface area contributed by atoms with E-state index >= 15 is 0 Å². The highest BCUT2D eigenvalue weighted by Gasteiger charge is 2.36. The lowest BCUT2D eigenvalue weighted by Gasteiger charge is -2.29. The molecule has 1 fully saturated rings. The van der Waals surface area contributed by atoms with Gasteiger partial charge in [0.1, 0.15) is 11.4 Å². The van der Waals surface area contributed by atoms with Crippen LogP contribution in [-0.4, -0.2) is 23.4 Å². The number of nitrogens with zero attached hydrogens (tertiary/aromatic N) is 2. The van der Waals surface area contributed by atoms with Crippen molar-refractivity contribution in [2.45, 2.75) is 18.4 Å². The number of halogens is 2. The van der Waals surface area contributed by atoms with Gasteiger partial charge in [0.15, 0.2) is 0 Å². The maximum atomic E-state index is 13.1. The predicted molar refractivity (Wildman–Crippen MR) is 73.3 cm³/mol. The Balaban J connectivity index is 1.93. The fourth-order valence-electron chi connectivity index (χ4n) is 2.16. The molecule has 0 unspecified atom stereocenters. The lowest BCUT2D eigenvalue weighted by Crippen LogP contribution is -2.42. The van der Waals surface area contributed by atoms with Crippen molar-refractivity contribution < 1.29 is 13.7 Å². The highest BCUT2D eigenvalue weighted by Crippen LogP contribution is 2.31. The lowest BCUT2D eigenvalue weighted by molar-refractivity contribution is 0.0400. The van der Waals surface area contributed by atoms with Gasteiger partial charge >= 0.3 is 0 Å². The first kappa shape index (κ1) is 13.7. The first-order chi connectivity index (χ1) is 9.58. The molecule has 2 aromatic rings. The molecule has 1 saturated heterocycles. The van der Waals surface area contributed by atoms with E-state index in [1.54, 1.807) is 6.07 Å². The minimum atomic E-state index is -0.643. The summed E-state index contributed by atoms with van der Waals surface area (Å²) in [7, 11) is 0. The van der Waals surface area contributed by atoms with Gasteiger partial charge in [-0.25, -0.2) is 4.39 Å². The quantitative estimate of drug-likeness (QED) is 0.908. The Morgan fingerprint density at radius 3 is 2.75 bits per heavy atom. The SMILES string of the molecule is NC1(c2nc(-c3ccc(F)cc3Br)no2)CCOCC1. The Labute approximate surface area is 123 Å². The molecule has 1 aromatic heterocycles. The molecule has 2 N–H and O–H groups in total. The molecule has 106 valence electrons. The number of rotatable bonds is 2. The van der Waals surface area contributed by atoms with Crippen LogP contribution in [0.1, 0.15) is 18.7 Å². The largest absolute Gasteiger partial charge is 0.381 e. The van der Waals surface area contributed by atoms with Crippen LogP contribution in [0.15, 0.2) is 27.2 Å². The Bertz CT molecular complexity index is 626. The number of benzene rings is 1. The van der Waals surface area contributed by atoms with Crippen molar-refractivity contribution in [2.24, 2.45) is 5.73 Å². The summed E-state index contributed by atoms with van der Waals surface area (Å²) in [5, 5.41) is 3.94. The van der Waals surface area contributed by atoms with E-state index in [0.717, 1.165) is 0 Å². The van der Waals surface area contributed by atoms with Crippen molar-refractivity contribution in [1.29, 1.82) is 0 Å². The average Bonchev–Trinajstić information content (AvgIpc) is 2.90. The summed E-state index contributed by atoms with van der Waals surface area (Å²) < 4.78 is 24.2. The summed E-state index contributed by atoms with van der Waals surface area (Å²) in [6, 6.07) is 4.31. The molecule has 0 atom stereocenters. The van der Waals surface area contributed by atoms with E-state index < -0.39 is 5.54 Å². The Morgan fingerprint density at radius 2 is 2.05 bits per heavy atom. The van der Waals surface area contributed by atoms with Crippen molar-refractivity contribution in [3.63, 3.8) is 0 Å². The van der Waals surface area contributed by atoms with E-state index in [2.05, 4.69) is 26.1 Å². The minimum Gasteiger partial charge on any atom is -0.381 e. The number of aromatic nitrogens is 2. The maximum Gasteiger partial charge on any atom is 0.247 e. The fourth-order valence-corrected chi connectivity index (χ4v) is 2.68. The molecular weight excluding hydrogens is 329 g/mol. The molecule has 0 saturated carbocycles. The van der Waals surface area contributed by atoms with Crippen molar-refractivity contribution >= 4 is 15.9 Å². The summed E-state index contributed by atoms with van der Waals surface area (Å²) in [6.07, 6.45) is 1.28. The zero-order valence-electron chi connectivity index (χ0n) is 10.6. The fraction of sp³-hybridized carbons (Fsp3) is 0.385. The van der Waals surface area contributed by atoms with Gasteiger partial charge in [-0.1, -0.05) is 5.16 Å². The van der Waals surface area contributed by atoms with Gasteiger partial charge in [0.05, 0.1) is 0 Å². The highest BCUT2D eigenvalue weighted by molar-refractivity contribution is 9.10. The van der Waals surface area contributed by atoms with Crippen LogP contribution in [0.25, 0.3) is 11.4 Å². The third-order valence-corrected chi connectivity index (χ3v) is 4.07. The predicted octanol–water partition coefficient (Wildman–Crippen LogP) is 2.60. The zero-order valence-corrected chi connectivity index (χ0v) is 12.2. The first-order valence-corrected chi connectivity index (χ1v) is 7.04. The molecular formula is C13H13BrFN3O2. The summed E-state index contributed by atoms with van der Waals surface area (Å²) in [4.78, 5) is 4.36. The number of hydrogen-bond acceptors (Lipinski definition) is 5. The van der Waals surface area contributed by atoms with Crippen LogP contribution >= 0.6 is 15.9 Å². The van der Waals surface area contributed by atoms with Crippen LogP contribution in [0.2, 0.25) is 0 Å². The molecule has 5 nitrogen and oxygen atoms in total. The highest BCUT2D eigenvalue weighted by atomic mass is 79.9. The molecule has 0 aliphatic carbocycles. The Morgan fingerprint density at radius 1 is 1.30 bits per heavy atom. The van der Waals surface area contributed by atoms with Gasteiger partial charge < -0.3 is 15.0 Å². The van der Waals surface area contributed by atoms with E-state index in [1.807, 2.05) is 0 Å². The molecule has 20 heavy (non-hydrogen) atoms. The topological polar surface area (TPSA) is 74.2 Å². The van der Waals surface area contributed by atoms with Gasteiger partial charge in [0, 0.05) is 23.2 Å². The van der Waals surface area contributed by atoms with E-state index in [9.17, 15) is 4.39 Å². The van der Waals surface area contributed by atoms with Crippen molar-refractivity contribution in [2.75, 3.05) is 13.2 Å². The average molecular weight is 342 g/mol. The second kappa shape index (κ2) is 5.23.